The van der Waals surface area contributed by atoms with Crippen LogP contribution in [0.25, 0.3) is 0 Å². The zero-order valence-electron chi connectivity index (χ0n) is 15.1. The van der Waals surface area contributed by atoms with Gasteiger partial charge in [-0.1, -0.05) is 42.5 Å². The predicted octanol–water partition coefficient (Wildman–Crippen LogP) is 2.41. The monoisotopic (exact) mass is 410 g/mol. The lowest BCUT2D eigenvalue weighted by atomic mass is 10.0. The van der Waals surface area contributed by atoms with Crippen LogP contribution in [0.2, 0.25) is 0 Å². The van der Waals surface area contributed by atoms with E-state index in [-0.39, 0.29) is 29.1 Å². The molecule has 5 nitrogen and oxygen atoms in total. The molecular weight excluding hydrogens is 384 g/mol. The van der Waals surface area contributed by atoms with Crippen LogP contribution < -0.4 is 0 Å². The van der Waals surface area contributed by atoms with E-state index in [0.29, 0.717) is 6.42 Å². The zero-order valence-corrected chi connectivity index (χ0v) is 16.7. The highest BCUT2D eigenvalue weighted by molar-refractivity contribution is 8.01. The van der Waals surface area contributed by atoms with Gasteiger partial charge >= 0.3 is 5.97 Å². The highest BCUT2D eigenvalue weighted by atomic mass is 32.2. The van der Waals surface area contributed by atoms with Gasteiger partial charge in [-0.15, -0.1) is 11.8 Å². The number of hydrogen-bond acceptors (Lipinski definition) is 6. The third-order valence-electron chi connectivity index (χ3n) is 4.32. The molecule has 1 aromatic rings. The molecule has 0 aromatic heterocycles. The fourth-order valence-electron chi connectivity index (χ4n) is 3.02. The maximum atomic E-state index is 12.2. The number of aliphatic hydroxyl groups excluding tert-OH is 2. The first-order chi connectivity index (χ1) is 13.0. The topological polar surface area (TPSA) is 94.8 Å². The SMILES string of the molecule is O=C(O)CSCCCS[C@H]1C(=O)C[C@@H](O)C1/C=C/C(O)Cc1ccccc1. The molecule has 0 amide bonds. The Balaban J connectivity index is 1.81. The van der Waals surface area contributed by atoms with Crippen LogP contribution in [0.5, 0.6) is 0 Å². The summed E-state index contributed by atoms with van der Waals surface area (Å²) in [4.78, 5) is 22.7. The Bertz CT molecular complexity index is 635. The molecule has 0 heterocycles. The van der Waals surface area contributed by atoms with Crippen molar-refractivity contribution < 1.29 is 24.9 Å². The summed E-state index contributed by atoms with van der Waals surface area (Å²) in [6, 6.07) is 9.67. The lowest BCUT2D eigenvalue weighted by Crippen LogP contribution is -2.22. The number of carboxylic acids is 1. The van der Waals surface area contributed by atoms with Gasteiger partial charge < -0.3 is 15.3 Å². The number of carbonyl (C=O) groups excluding carboxylic acids is 1. The van der Waals surface area contributed by atoms with Crippen LogP contribution in [-0.4, -0.2) is 61.8 Å². The number of carboxylic acid groups (broad SMARTS) is 1. The Morgan fingerprint density at radius 3 is 2.70 bits per heavy atom. The minimum Gasteiger partial charge on any atom is -0.481 e. The normalized spacial score (nSPS) is 23.8. The number of aliphatic hydroxyl groups is 2. The predicted molar refractivity (Wildman–Crippen MR) is 110 cm³/mol. The molecule has 27 heavy (non-hydrogen) atoms. The number of ketones is 1. The minimum atomic E-state index is -0.819. The van der Waals surface area contributed by atoms with Gasteiger partial charge in [0.25, 0.3) is 0 Å². The maximum absolute atomic E-state index is 12.2. The van der Waals surface area contributed by atoms with Gasteiger partial charge in [-0.25, -0.2) is 0 Å². The molecule has 0 aliphatic heterocycles. The second-order valence-electron chi connectivity index (χ2n) is 6.55. The summed E-state index contributed by atoms with van der Waals surface area (Å²) >= 11 is 2.88. The molecule has 1 aliphatic carbocycles. The number of benzene rings is 1. The van der Waals surface area contributed by atoms with E-state index in [4.69, 9.17) is 5.11 Å². The fraction of sp³-hybridized carbons (Fsp3) is 0.500. The fourth-order valence-corrected chi connectivity index (χ4v) is 5.21. The number of carbonyl (C=O) groups is 2. The van der Waals surface area contributed by atoms with Crippen molar-refractivity contribution >= 4 is 35.3 Å². The van der Waals surface area contributed by atoms with Gasteiger partial charge in [-0.2, -0.15) is 11.8 Å². The van der Waals surface area contributed by atoms with Crippen LogP contribution in [-0.2, 0) is 16.0 Å². The average Bonchev–Trinajstić information content (AvgIpc) is 2.89. The molecule has 1 saturated carbocycles. The van der Waals surface area contributed by atoms with Crippen LogP contribution in [0.3, 0.4) is 0 Å². The lowest BCUT2D eigenvalue weighted by Gasteiger charge is -2.17. The summed E-state index contributed by atoms with van der Waals surface area (Å²) in [5.74, 6) is 0.501. The first-order valence-corrected chi connectivity index (χ1v) is 11.2. The summed E-state index contributed by atoms with van der Waals surface area (Å²) in [5, 5.41) is 28.7. The van der Waals surface area contributed by atoms with Crippen LogP contribution >= 0.6 is 23.5 Å². The van der Waals surface area contributed by atoms with Gasteiger partial charge in [0.05, 0.1) is 23.2 Å². The Morgan fingerprint density at radius 1 is 1.26 bits per heavy atom. The number of rotatable bonds is 11. The Kier molecular flexibility index (Phi) is 9.41. The van der Waals surface area contributed by atoms with Gasteiger partial charge in [0.2, 0.25) is 0 Å². The van der Waals surface area contributed by atoms with Gasteiger partial charge in [-0.3, -0.25) is 9.59 Å². The van der Waals surface area contributed by atoms with Crippen LogP contribution in [0.4, 0.5) is 0 Å². The molecule has 1 fully saturated rings. The van der Waals surface area contributed by atoms with E-state index >= 15 is 0 Å². The summed E-state index contributed by atoms with van der Waals surface area (Å²) < 4.78 is 0. The molecule has 2 rings (SSSR count). The molecule has 2 unspecified atom stereocenters. The van der Waals surface area contributed by atoms with Gasteiger partial charge in [0.1, 0.15) is 5.78 Å². The van der Waals surface area contributed by atoms with Crippen LogP contribution in [0.15, 0.2) is 42.5 Å². The van der Waals surface area contributed by atoms with Crippen molar-refractivity contribution in [2.45, 2.75) is 36.7 Å². The quantitative estimate of drug-likeness (QED) is 0.381. The number of Topliss-reactive ketones (excluding diaryl/α,β-unsaturated/α-hetero) is 1. The van der Waals surface area contributed by atoms with E-state index in [9.17, 15) is 19.8 Å². The van der Waals surface area contributed by atoms with E-state index in [1.54, 1.807) is 12.2 Å². The van der Waals surface area contributed by atoms with Crippen LogP contribution in [0, 0.1) is 5.92 Å². The smallest absolute Gasteiger partial charge is 0.313 e. The Hall–Kier alpha value is -1.28. The summed E-state index contributed by atoms with van der Waals surface area (Å²) in [6.45, 7) is 0. The van der Waals surface area contributed by atoms with E-state index in [1.807, 2.05) is 30.3 Å². The molecule has 4 atom stereocenters. The zero-order chi connectivity index (χ0) is 19.6. The lowest BCUT2D eigenvalue weighted by molar-refractivity contribution is -0.133. The number of aliphatic carboxylic acids is 1. The van der Waals surface area contributed by atoms with Gasteiger partial charge in [-0.05, 0) is 23.5 Å². The molecular formula is C20H26O5S2. The van der Waals surface area contributed by atoms with Crippen molar-refractivity contribution in [3.05, 3.63) is 48.0 Å². The molecule has 0 spiro atoms. The van der Waals surface area contributed by atoms with Gasteiger partial charge in [0.15, 0.2) is 0 Å². The maximum Gasteiger partial charge on any atom is 0.313 e. The summed E-state index contributed by atoms with van der Waals surface area (Å²) in [5.41, 5.74) is 1.03. The van der Waals surface area contributed by atoms with Crippen LogP contribution in [0.1, 0.15) is 18.4 Å². The molecule has 1 aromatic carbocycles. The van der Waals surface area contributed by atoms with Crippen molar-refractivity contribution in [2.75, 3.05) is 17.3 Å². The van der Waals surface area contributed by atoms with E-state index in [1.165, 1.54) is 23.5 Å². The average molecular weight is 411 g/mol. The molecule has 3 N–H and O–H groups in total. The minimum absolute atomic E-state index is 0.0397. The van der Waals surface area contributed by atoms with Crippen molar-refractivity contribution in [3.63, 3.8) is 0 Å². The standard InChI is InChI=1S/C20H26O5S2/c21-15(11-14-5-2-1-3-6-14)7-8-16-17(22)12-18(23)20(16)27-10-4-9-26-13-19(24)25/h1-3,5-8,15-17,20-22H,4,9-13H2,(H,24,25)/b8-7+/t15?,16?,17-,20-/m1/s1. The molecule has 0 radical (unpaired) electrons. The molecule has 1 aliphatic rings. The Morgan fingerprint density at radius 2 is 2.00 bits per heavy atom. The molecule has 0 bridgehead atoms. The summed E-state index contributed by atoms with van der Waals surface area (Å²) in [7, 11) is 0. The Labute approximate surface area is 168 Å². The second-order valence-corrected chi connectivity index (χ2v) is 8.90. The molecule has 148 valence electrons. The second kappa shape index (κ2) is 11.5. The van der Waals surface area contributed by atoms with E-state index in [2.05, 4.69) is 0 Å². The van der Waals surface area contributed by atoms with E-state index < -0.39 is 18.2 Å². The van der Waals surface area contributed by atoms with E-state index in [0.717, 1.165) is 23.5 Å². The first kappa shape index (κ1) is 22.0. The summed E-state index contributed by atoms with van der Waals surface area (Å²) in [6.07, 6.45) is 3.54. The highest BCUT2D eigenvalue weighted by Gasteiger charge is 2.40. The third-order valence-corrected chi connectivity index (χ3v) is 6.81. The first-order valence-electron chi connectivity index (χ1n) is 8.99. The van der Waals surface area contributed by atoms with Crippen molar-refractivity contribution in [1.82, 2.24) is 0 Å². The van der Waals surface area contributed by atoms with Gasteiger partial charge in [0, 0.05) is 18.8 Å². The molecule has 0 saturated heterocycles. The van der Waals surface area contributed by atoms with Crippen molar-refractivity contribution in [2.24, 2.45) is 5.92 Å². The largest absolute Gasteiger partial charge is 0.481 e. The van der Waals surface area contributed by atoms with Crippen molar-refractivity contribution in [1.29, 1.82) is 0 Å². The number of thioether (sulfide) groups is 2. The van der Waals surface area contributed by atoms with Crippen molar-refractivity contribution in [3.8, 4) is 0 Å². The number of hydrogen-bond donors (Lipinski definition) is 3. The third kappa shape index (κ3) is 7.70. The molecule has 7 heteroatoms. The highest BCUT2D eigenvalue weighted by Crippen LogP contribution is 2.34.